The summed E-state index contributed by atoms with van der Waals surface area (Å²) in [5.41, 5.74) is 5.84. The number of nitrogens with one attached hydrogen (secondary N) is 2. The highest BCUT2D eigenvalue weighted by atomic mass is 32.2. The number of aromatic nitrogens is 1. The lowest BCUT2D eigenvalue weighted by molar-refractivity contribution is 0.247. The lowest BCUT2D eigenvalue weighted by atomic mass is 10.1. The highest BCUT2D eigenvalue weighted by Gasteiger charge is 2.09. The molecule has 130 valence electrons. The standard InChI is InChI=1S/C20H18N4OS/c1-15-8-7-11-17(14-15)26-24-20(25)23-22-19(16-9-3-2-4-10-16)18-12-5-6-13-21-18/h2-14H,1H3,(H2,23,24,25)/b22-19-. The third kappa shape index (κ3) is 4.94. The highest BCUT2D eigenvalue weighted by molar-refractivity contribution is 7.98. The van der Waals surface area contributed by atoms with Gasteiger partial charge in [-0.2, -0.15) is 5.10 Å². The first-order valence-corrected chi connectivity index (χ1v) is 8.88. The van der Waals surface area contributed by atoms with Crippen molar-refractivity contribution in [3.05, 3.63) is 95.8 Å². The van der Waals surface area contributed by atoms with Crippen molar-refractivity contribution in [2.75, 3.05) is 0 Å². The number of hydrazone groups is 1. The van der Waals surface area contributed by atoms with Crippen LogP contribution < -0.4 is 10.1 Å². The molecular weight excluding hydrogens is 344 g/mol. The summed E-state index contributed by atoms with van der Waals surface area (Å²) in [5, 5.41) is 4.27. The Kier molecular flexibility index (Phi) is 6.01. The molecule has 0 bridgehead atoms. The molecule has 0 aliphatic carbocycles. The maximum Gasteiger partial charge on any atom is 0.345 e. The molecule has 2 N–H and O–H groups in total. The number of hydrogen-bond acceptors (Lipinski definition) is 4. The van der Waals surface area contributed by atoms with Gasteiger partial charge in [0.05, 0.1) is 5.69 Å². The summed E-state index contributed by atoms with van der Waals surface area (Å²) in [5.74, 6) is 0. The Labute approximate surface area is 156 Å². The van der Waals surface area contributed by atoms with Crippen molar-refractivity contribution in [3.63, 3.8) is 0 Å². The Morgan fingerprint density at radius 1 is 1.00 bits per heavy atom. The molecule has 0 radical (unpaired) electrons. The van der Waals surface area contributed by atoms with Crippen LogP contribution >= 0.6 is 11.9 Å². The van der Waals surface area contributed by atoms with Crippen LogP contribution in [0.3, 0.4) is 0 Å². The second-order valence-corrected chi connectivity index (χ2v) is 6.38. The zero-order chi connectivity index (χ0) is 18.2. The molecule has 6 heteroatoms. The largest absolute Gasteiger partial charge is 0.345 e. The highest BCUT2D eigenvalue weighted by Crippen LogP contribution is 2.15. The van der Waals surface area contributed by atoms with Crippen molar-refractivity contribution in [1.82, 2.24) is 15.1 Å². The van der Waals surface area contributed by atoms with Gasteiger partial charge < -0.3 is 0 Å². The molecule has 0 aliphatic heterocycles. The van der Waals surface area contributed by atoms with E-state index in [1.165, 1.54) is 11.9 Å². The SMILES string of the molecule is Cc1cccc(SNC(=O)N/N=C(/c2ccccc2)c2ccccn2)c1. The quantitative estimate of drug-likeness (QED) is 0.407. The number of pyridine rings is 1. The maximum absolute atomic E-state index is 12.1. The summed E-state index contributed by atoms with van der Waals surface area (Å²) >= 11 is 1.24. The van der Waals surface area contributed by atoms with Gasteiger partial charge in [-0.3, -0.25) is 9.71 Å². The first kappa shape index (κ1) is 17.7. The fourth-order valence-electron chi connectivity index (χ4n) is 2.28. The summed E-state index contributed by atoms with van der Waals surface area (Å²) in [6.45, 7) is 2.01. The monoisotopic (exact) mass is 362 g/mol. The fraction of sp³-hybridized carbons (Fsp3) is 0.0500. The molecule has 0 saturated carbocycles. The van der Waals surface area contributed by atoms with Gasteiger partial charge in [0.1, 0.15) is 5.71 Å². The van der Waals surface area contributed by atoms with Gasteiger partial charge in [-0.05, 0) is 48.7 Å². The number of carbonyl (C=O) groups excluding carboxylic acids is 1. The van der Waals surface area contributed by atoms with Crippen molar-refractivity contribution in [2.24, 2.45) is 5.10 Å². The molecule has 0 fully saturated rings. The van der Waals surface area contributed by atoms with E-state index >= 15 is 0 Å². The summed E-state index contributed by atoms with van der Waals surface area (Å²) < 4.78 is 2.72. The number of aryl methyl sites for hydroxylation is 1. The molecule has 0 unspecified atom stereocenters. The number of hydrogen-bond donors (Lipinski definition) is 2. The maximum atomic E-state index is 12.1. The van der Waals surface area contributed by atoms with Crippen LogP contribution in [-0.2, 0) is 0 Å². The first-order valence-electron chi connectivity index (χ1n) is 8.06. The van der Waals surface area contributed by atoms with E-state index in [0.717, 1.165) is 16.0 Å². The van der Waals surface area contributed by atoms with Gasteiger partial charge in [0, 0.05) is 16.7 Å². The molecule has 3 aromatic rings. The summed E-state index contributed by atoms with van der Waals surface area (Å²) in [6, 6.07) is 22.7. The lowest BCUT2D eigenvalue weighted by Gasteiger charge is -2.08. The van der Waals surface area contributed by atoms with Gasteiger partial charge in [-0.1, -0.05) is 48.5 Å². The van der Waals surface area contributed by atoms with Gasteiger partial charge in [0.25, 0.3) is 0 Å². The molecule has 2 aromatic carbocycles. The van der Waals surface area contributed by atoms with Crippen molar-refractivity contribution < 1.29 is 4.79 Å². The molecule has 0 spiro atoms. The van der Waals surface area contributed by atoms with Crippen molar-refractivity contribution >= 4 is 23.7 Å². The van der Waals surface area contributed by atoms with Gasteiger partial charge in [-0.25, -0.2) is 10.2 Å². The smallest absolute Gasteiger partial charge is 0.276 e. The molecule has 5 nitrogen and oxygen atoms in total. The topological polar surface area (TPSA) is 66.4 Å². The van der Waals surface area contributed by atoms with Crippen molar-refractivity contribution in [3.8, 4) is 0 Å². The third-order valence-electron chi connectivity index (χ3n) is 3.48. The first-order chi connectivity index (χ1) is 12.7. The minimum absolute atomic E-state index is 0.402. The minimum atomic E-state index is -0.402. The van der Waals surface area contributed by atoms with Crippen LogP contribution in [-0.4, -0.2) is 16.7 Å². The number of carbonyl (C=O) groups is 1. The van der Waals surface area contributed by atoms with E-state index in [0.29, 0.717) is 11.4 Å². The molecule has 0 atom stereocenters. The normalized spacial score (nSPS) is 11.0. The Morgan fingerprint density at radius 2 is 1.81 bits per heavy atom. The molecule has 0 saturated heterocycles. The van der Waals surface area contributed by atoms with E-state index < -0.39 is 6.03 Å². The van der Waals surface area contributed by atoms with Crippen molar-refractivity contribution in [1.29, 1.82) is 0 Å². The Morgan fingerprint density at radius 3 is 2.54 bits per heavy atom. The molecular formula is C20H18N4OS. The van der Waals surface area contributed by atoms with E-state index in [2.05, 4.69) is 20.2 Å². The van der Waals surface area contributed by atoms with Gasteiger partial charge in [0.2, 0.25) is 0 Å². The molecule has 2 amide bonds. The Balaban J connectivity index is 1.71. The van der Waals surface area contributed by atoms with Gasteiger partial charge in [-0.15, -0.1) is 0 Å². The number of rotatable bonds is 5. The summed E-state index contributed by atoms with van der Waals surface area (Å²) in [7, 11) is 0. The number of benzene rings is 2. The van der Waals surface area contributed by atoms with Crippen LogP contribution in [0.5, 0.6) is 0 Å². The zero-order valence-electron chi connectivity index (χ0n) is 14.2. The van der Waals surface area contributed by atoms with Crippen LogP contribution in [0, 0.1) is 6.92 Å². The molecule has 26 heavy (non-hydrogen) atoms. The lowest BCUT2D eigenvalue weighted by Crippen LogP contribution is -2.28. The van der Waals surface area contributed by atoms with Gasteiger partial charge in [0.15, 0.2) is 0 Å². The second kappa shape index (κ2) is 8.82. The van der Waals surface area contributed by atoms with E-state index in [1.807, 2.05) is 79.7 Å². The van der Waals surface area contributed by atoms with Crippen LogP contribution in [0.2, 0.25) is 0 Å². The third-order valence-corrected chi connectivity index (χ3v) is 4.25. The van der Waals surface area contributed by atoms with E-state index in [4.69, 9.17) is 0 Å². The van der Waals surface area contributed by atoms with Crippen LogP contribution in [0.15, 0.2) is 89.0 Å². The van der Waals surface area contributed by atoms with E-state index in [-0.39, 0.29) is 0 Å². The zero-order valence-corrected chi connectivity index (χ0v) is 15.0. The average molecular weight is 362 g/mol. The van der Waals surface area contributed by atoms with E-state index in [1.54, 1.807) is 6.20 Å². The van der Waals surface area contributed by atoms with Crippen molar-refractivity contribution in [2.45, 2.75) is 11.8 Å². The molecule has 1 heterocycles. The summed E-state index contributed by atoms with van der Waals surface area (Å²) in [6.07, 6.45) is 1.70. The van der Waals surface area contributed by atoms with Crippen LogP contribution in [0.4, 0.5) is 4.79 Å². The summed E-state index contributed by atoms with van der Waals surface area (Å²) in [4.78, 5) is 17.4. The minimum Gasteiger partial charge on any atom is -0.276 e. The molecule has 3 rings (SSSR count). The second-order valence-electron chi connectivity index (χ2n) is 5.50. The van der Waals surface area contributed by atoms with Gasteiger partial charge >= 0.3 is 6.03 Å². The average Bonchev–Trinajstić information content (AvgIpc) is 2.68. The number of nitrogens with zero attached hydrogens (tertiary/aromatic N) is 2. The van der Waals surface area contributed by atoms with Crippen LogP contribution in [0.25, 0.3) is 0 Å². The predicted molar refractivity (Wildman–Crippen MR) is 105 cm³/mol. The molecule has 0 aliphatic rings. The fourth-order valence-corrected chi connectivity index (χ4v) is 2.93. The van der Waals surface area contributed by atoms with E-state index in [9.17, 15) is 4.79 Å². The Hall–Kier alpha value is -3.12. The predicted octanol–water partition coefficient (Wildman–Crippen LogP) is 4.15. The Bertz CT molecular complexity index is 856. The molecule has 1 aromatic heterocycles. The number of amides is 2. The van der Waals surface area contributed by atoms with Crippen LogP contribution in [0.1, 0.15) is 16.8 Å². The number of urea groups is 1.